The molecule has 0 amide bonds. The van der Waals surface area contributed by atoms with E-state index in [-0.39, 0.29) is 0 Å². The predicted molar refractivity (Wildman–Crippen MR) is 89.5 cm³/mol. The lowest BCUT2D eigenvalue weighted by Crippen LogP contribution is -2.52. The third-order valence-corrected chi connectivity index (χ3v) is 5.66. The van der Waals surface area contributed by atoms with E-state index in [0.29, 0.717) is 24.2 Å². The number of hydrogen-bond acceptors (Lipinski definition) is 3. The van der Waals surface area contributed by atoms with Crippen molar-refractivity contribution in [3.05, 3.63) is 0 Å². The van der Waals surface area contributed by atoms with Crippen LogP contribution in [0.5, 0.6) is 0 Å². The van der Waals surface area contributed by atoms with Gasteiger partial charge in [-0.15, -0.1) is 0 Å². The highest BCUT2D eigenvalue weighted by atomic mass is 16.5. The monoisotopic (exact) mass is 296 g/mol. The minimum absolute atomic E-state index is 0.335. The Balaban J connectivity index is 1.93. The molecule has 4 atom stereocenters. The minimum atomic E-state index is 0.335. The van der Waals surface area contributed by atoms with Gasteiger partial charge in [-0.1, -0.05) is 51.4 Å². The van der Waals surface area contributed by atoms with Crippen LogP contribution in [0.1, 0.15) is 77.6 Å². The largest absolute Gasteiger partial charge is 0.377 e. The topological polar surface area (TPSA) is 38.5 Å². The number of nitrogens with zero attached hydrogens (tertiary/aromatic N) is 1. The van der Waals surface area contributed by atoms with E-state index in [1.54, 1.807) is 0 Å². The highest BCUT2D eigenvalue weighted by Gasteiger charge is 2.33. The van der Waals surface area contributed by atoms with Gasteiger partial charge < -0.3 is 10.5 Å². The van der Waals surface area contributed by atoms with Crippen LogP contribution in [0.4, 0.5) is 0 Å². The summed E-state index contributed by atoms with van der Waals surface area (Å²) in [4.78, 5) is 2.56. The molecule has 2 fully saturated rings. The van der Waals surface area contributed by atoms with Gasteiger partial charge in [-0.3, -0.25) is 4.90 Å². The molecule has 2 rings (SSSR count). The lowest BCUT2D eigenvalue weighted by Gasteiger charge is -2.38. The molecule has 2 N–H and O–H groups in total. The van der Waals surface area contributed by atoms with Gasteiger partial charge in [-0.05, 0) is 33.2 Å². The fraction of sp³-hybridized carbons (Fsp3) is 1.00. The van der Waals surface area contributed by atoms with E-state index >= 15 is 0 Å². The van der Waals surface area contributed by atoms with Crippen molar-refractivity contribution < 1.29 is 4.74 Å². The summed E-state index contributed by atoms with van der Waals surface area (Å²) in [6, 6.07) is 1.44. The van der Waals surface area contributed by atoms with Crippen molar-refractivity contribution in [1.29, 1.82) is 0 Å². The Hall–Kier alpha value is -0.120. The van der Waals surface area contributed by atoms with Crippen LogP contribution in [0.15, 0.2) is 0 Å². The van der Waals surface area contributed by atoms with Gasteiger partial charge in [0.25, 0.3) is 0 Å². The maximum atomic E-state index is 6.59. The second-order valence-electron chi connectivity index (χ2n) is 7.23. The third kappa shape index (κ3) is 5.22. The smallest absolute Gasteiger partial charge is 0.0703 e. The second kappa shape index (κ2) is 9.12. The average Bonchev–Trinajstić information content (AvgIpc) is 2.88. The van der Waals surface area contributed by atoms with Crippen LogP contribution in [-0.4, -0.2) is 42.8 Å². The molecule has 124 valence electrons. The molecule has 0 spiro atoms. The summed E-state index contributed by atoms with van der Waals surface area (Å²) in [5.74, 6) is 0. The zero-order valence-electron chi connectivity index (χ0n) is 14.2. The molecule has 0 aromatic heterocycles. The van der Waals surface area contributed by atoms with Crippen molar-refractivity contribution in [2.75, 3.05) is 13.7 Å². The summed E-state index contributed by atoms with van der Waals surface area (Å²) in [6.07, 6.45) is 15.1. The first kappa shape index (κ1) is 17.2. The first-order valence-corrected chi connectivity index (χ1v) is 9.29. The van der Waals surface area contributed by atoms with Crippen LogP contribution in [0, 0.1) is 0 Å². The summed E-state index contributed by atoms with van der Waals surface area (Å²) >= 11 is 0. The van der Waals surface area contributed by atoms with E-state index < -0.39 is 0 Å². The van der Waals surface area contributed by atoms with Gasteiger partial charge >= 0.3 is 0 Å². The molecular formula is C18H36N2O. The van der Waals surface area contributed by atoms with Crippen molar-refractivity contribution in [3.63, 3.8) is 0 Å². The van der Waals surface area contributed by atoms with Crippen LogP contribution in [0.25, 0.3) is 0 Å². The molecule has 1 saturated heterocycles. The summed E-state index contributed by atoms with van der Waals surface area (Å²) in [7, 11) is 2.28. The van der Waals surface area contributed by atoms with E-state index in [2.05, 4.69) is 18.9 Å². The molecule has 0 bridgehead atoms. The standard InChI is InChI=1S/C18H36N2O/c1-15-17(13-14-21-15)20(2)18-12-10-8-6-4-3-5-7-9-11-16(18)19/h15-18H,3-14,19H2,1-2H3. The van der Waals surface area contributed by atoms with Crippen molar-refractivity contribution in [2.45, 2.75) is 102 Å². The van der Waals surface area contributed by atoms with Crippen LogP contribution in [0.2, 0.25) is 0 Å². The van der Waals surface area contributed by atoms with Gasteiger partial charge in [0.2, 0.25) is 0 Å². The van der Waals surface area contributed by atoms with E-state index in [1.807, 2.05) is 0 Å². The Labute approximate surface area is 131 Å². The van der Waals surface area contributed by atoms with Gasteiger partial charge in [0.15, 0.2) is 0 Å². The normalized spacial score (nSPS) is 37.1. The molecule has 4 unspecified atom stereocenters. The quantitative estimate of drug-likeness (QED) is 0.844. The summed E-state index contributed by atoms with van der Waals surface area (Å²) in [5.41, 5.74) is 6.59. The van der Waals surface area contributed by atoms with E-state index in [1.165, 1.54) is 70.6 Å². The van der Waals surface area contributed by atoms with E-state index in [9.17, 15) is 0 Å². The van der Waals surface area contributed by atoms with Gasteiger partial charge in [-0.2, -0.15) is 0 Å². The van der Waals surface area contributed by atoms with Crippen molar-refractivity contribution >= 4 is 0 Å². The molecule has 0 radical (unpaired) electrons. The molecule has 1 heterocycles. The Morgan fingerprint density at radius 1 is 0.810 bits per heavy atom. The maximum absolute atomic E-state index is 6.59. The third-order valence-electron chi connectivity index (χ3n) is 5.66. The fourth-order valence-electron chi connectivity index (χ4n) is 4.21. The molecule has 3 nitrogen and oxygen atoms in total. The summed E-state index contributed by atoms with van der Waals surface area (Å²) in [5, 5.41) is 0. The van der Waals surface area contributed by atoms with E-state index in [0.717, 1.165) is 6.61 Å². The van der Waals surface area contributed by atoms with Gasteiger partial charge in [-0.25, -0.2) is 0 Å². The summed E-state index contributed by atoms with van der Waals surface area (Å²) < 4.78 is 5.77. The second-order valence-corrected chi connectivity index (χ2v) is 7.23. The maximum Gasteiger partial charge on any atom is 0.0703 e. The van der Waals surface area contributed by atoms with Gasteiger partial charge in [0, 0.05) is 24.7 Å². The molecule has 2 aliphatic rings. The lowest BCUT2D eigenvalue weighted by atomic mass is 9.92. The molecule has 0 aromatic rings. The first-order chi connectivity index (χ1) is 10.2. The van der Waals surface area contributed by atoms with Crippen molar-refractivity contribution in [2.24, 2.45) is 5.73 Å². The van der Waals surface area contributed by atoms with Crippen LogP contribution in [0.3, 0.4) is 0 Å². The Morgan fingerprint density at radius 3 is 1.95 bits per heavy atom. The average molecular weight is 296 g/mol. The van der Waals surface area contributed by atoms with Crippen LogP contribution < -0.4 is 5.73 Å². The molecule has 3 heteroatoms. The highest BCUT2D eigenvalue weighted by molar-refractivity contribution is 4.89. The zero-order valence-corrected chi connectivity index (χ0v) is 14.2. The number of rotatable bonds is 2. The SMILES string of the molecule is CC1OCCC1N(C)C1CCCCCCCCCCC1N. The van der Waals surface area contributed by atoms with Crippen molar-refractivity contribution in [3.8, 4) is 0 Å². The predicted octanol–water partition coefficient (Wildman–Crippen LogP) is 3.71. The summed E-state index contributed by atoms with van der Waals surface area (Å²) in [6.45, 7) is 3.13. The van der Waals surface area contributed by atoms with Crippen molar-refractivity contribution in [1.82, 2.24) is 4.90 Å². The number of nitrogens with two attached hydrogens (primary N) is 1. The number of hydrogen-bond donors (Lipinski definition) is 1. The van der Waals surface area contributed by atoms with E-state index in [4.69, 9.17) is 10.5 Å². The van der Waals surface area contributed by atoms with Crippen LogP contribution in [-0.2, 0) is 4.74 Å². The Bertz CT molecular complexity index is 284. The Morgan fingerprint density at radius 2 is 1.38 bits per heavy atom. The van der Waals surface area contributed by atoms with Gasteiger partial charge in [0.1, 0.15) is 0 Å². The Kier molecular flexibility index (Phi) is 7.48. The zero-order chi connectivity index (χ0) is 15.1. The molecule has 21 heavy (non-hydrogen) atoms. The number of likely N-dealkylation sites (N-methyl/N-ethyl adjacent to an activating group) is 1. The van der Waals surface area contributed by atoms with Gasteiger partial charge in [0.05, 0.1) is 6.10 Å². The molecule has 0 aromatic carbocycles. The molecule has 1 aliphatic carbocycles. The lowest BCUT2D eigenvalue weighted by molar-refractivity contribution is 0.0574. The minimum Gasteiger partial charge on any atom is -0.377 e. The molecule has 1 saturated carbocycles. The first-order valence-electron chi connectivity index (χ1n) is 9.29. The fourth-order valence-corrected chi connectivity index (χ4v) is 4.21. The molecular weight excluding hydrogens is 260 g/mol. The van der Waals surface area contributed by atoms with Crippen LogP contribution >= 0.6 is 0 Å². The molecule has 1 aliphatic heterocycles. The highest BCUT2D eigenvalue weighted by Crippen LogP contribution is 2.25. The number of ether oxygens (including phenoxy) is 1.